The maximum atomic E-state index is 13.0. The third kappa shape index (κ3) is 5.41. The lowest BCUT2D eigenvalue weighted by molar-refractivity contribution is -0.135. The number of nitrogens with one attached hydrogen (secondary N) is 1. The second kappa shape index (κ2) is 9.82. The number of H-pyrrole nitrogens is 1. The summed E-state index contributed by atoms with van der Waals surface area (Å²) in [5.74, 6) is 0.0149. The van der Waals surface area contributed by atoms with Gasteiger partial charge in [-0.1, -0.05) is 6.92 Å². The fraction of sp³-hybridized carbons (Fsp3) is 0.545. The first-order valence-corrected chi connectivity index (χ1v) is 10.3. The summed E-state index contributed by atoms with van der Waals surface area (Å²) >= 11 is 0. The molecule has 1 aliphatic rings. The van der Waals surface area contributed by atoms with Crippen molar-refractivity contribution in [2.75, 3.05) is 26.7 Å². The first kappa shape index (κ1) is 20.5. The molecule has 0 radical (unpaired) electrons. The summed E-state index contributed by atoms with van der Waals surface area (Å²) in [6.07, 6.45) is 6.37. The van der Waals surface area contributed by atoms with Crippen molar-refractivity contribution in [3.63, 3.8) is 0 Å². The Morgan fingerprint density at radius 3 is 2.86 bits per heavy atom. The van der Waals surface area contributed by atoms with E-state index in [1.54, 1.807) is 12.1 Å². The van der Waals surface area contributed by atoms with Crippen LogP contribution >= 0.6 is 0 Å². The van der Waals surface area contributed by atoms with Crippen molar-refractivity contribution in [2.45, 2.75) is 51.5 Å². The Kier molecular flexibility index (Phi) is 7.20. The Bertz CT molecular complexity index is 758. The molecule has 28 heavy (non-hydrogen) atoms. The van der Waals surface area contributed by atoms with Gasteiger partial charge < -0.3 is 4.90 Å². The van der Waals surface area contributed by atoms with Crippen LogP contribution in [0.5, 0.6) is 0 Å². The molecule has 6 heteroatoms. The van der Waals surface area contributed by atoms with E-state index >= 15 is 0 Å². The molecular weight excluding hydrogens is 355 g/mol. The van der Waals surface area contributed by atoms with Gasteiger partial charge >= 0.3 is 0 Å². The second-order valence-corrected chi connectivity index (χ2v) is 7.77. The molecule has 1 unspecified atom stereocenters. The van der Waals surface area contributed by atoms with Gasteiger partial charge in [-0.15, -0.1) is 0 Å². The van der Waals surface area contributed by atoms with Crippen LogP contribution in [0.25, 0.3) is 11.3 Å². The molecule has 1 saturated heterocycles. The number of hydrogen-bond acceptors (Lipinski definition) is 3. The first-order valence-electron chi connectivity index (χ1n) is 10.3. The lowest BCUT2D eigenvalue weighted by Gasteiger charge is -2.36. The zero-order valence-electron chi connectivity index (χ0n) is 17.0. The van der Waals surface area contributed by atoms with Gasteiger partial charge in [0.1, 0.15) is 5.82 Å². The predicted molar refractivity (Wildman–Crippen MR) is 109 cm³/mol. The van der Waals surface area contributed by atoms with Crippen molar-refractivity contribution in [3.05, 3.63) is 41.8 Å². The lowest BCUT2D eigenvalue weighted by Crippen LogP contribution is -2.47. The van der Waals surface area contributed by atoms with Crippen LogP contribution in [0.2, 0.25) is 0 Å². The summed E-state index contributed by atoms with van der Waals surface area (Å²) in [5, 5.41) is 7.38. The summed E-state index contributed by atoms with van der Waals surface area (Å²) in [7, 11) is 2.01. The van der Waals surface area contributed by atoms with Gasteiger partial charge in [-0.05, 0) is 82.4 Å². The summed E-state index contributed by atoms with van der Waals surface area (Å²) in [6, 6.07) is 8.79. The molecule has 1 amide bonds. The zero-order chi connectivity index (χ0) is 19.9. The minimum Gasteiger partial charge on any atom is -0.339 e. The number of rotatable bonds is 8. The van der Waals surface area contributed by atoms with Crippen molar-refractivity contribution >= 4 is 5.91 Å². The Labute approximate surface area is 166 Å². The van der Waals surface area contributed by atoms with Crippen LogP contribution in [0.1, 0.15) is 44.7 Å². The van der Waals surface area contributed by atoms with Crippen LogP contribution in [0.3, 0.4) is 0 Å². The van der Waals surface area contributed by atoms with E-state index < -0.39 is 0 Å². The molecule has 1 fully saturated rings. The highest BCUT2D eigenvalue weighted by molar-refractivity contribution is 5.78. The van der Waals surface area contributed by atoms with E-state index in [2.05, 4.69) is 26.9 Å². The fourth-order valence-electron chi connectivity index (χ4n) is 3.95. The summed E-state index contributed by atoms with van der Waals surface area (Å²) < 4.78 is 13.0. The number of carbonyl (C=O) groups is 1. The smallest absolute Gasteiger partial charge is 0.236 e. The first-order chi connectivity index (χ1) is 13.6. The number of likely N-dealkylation sites (N-methyl/N-ethyl adjacent to an activating group) is 1. The predicted octanol–water partition coefficient (Wildman–Crippen LogP) is 3.87. The van der Waals surface area contributed by atoms with E-state index in [0.29, 0.717) is 12.6 Å². The lowest BCUT2D eigenvalue weighted by atomic mass is 10.00. The van der Waals surface area contributed by atoms with Gasteiger partial charge in [-0.3, -0.25) is 14.8 Å². The number of likely N-dealkylation sites (tertiary alicyclic amines) is 1. The highest BCUT2D eigenvalue weighted by Gasteiger charge is 2.25. The molecule has 5 nitrogen and oxygen atoms in total. The number of benzene rings is 1. The van der Waals surface area contributed by atoms with Crippen LogP contribution in [0, 0.1) is 5.82 Å². The highest BCUT2D eigenvalue weighted by Crippen LogP contribution is 2.20. The molecule has 1 aromatic carbocycles. The molecule has 0 saturated carbocycles. The van der Waals surface area contributed by atoms with Crippen molar-refractivity contribution in [1.29, 1.82) is 0 Å². The normalized spacial score (nSPS) is 17.3. The van der Waals surface area contributed by atoms with Gasteiger partial charge in [0.25, 0.3) is 0 Å². The number of piperidine rings is 1. The van der Waals surface area contributed by atoms with E-state index in [4.69, 9.17) is 0 Å². The van der Waals surface area contributed by atoms with Crippen molar-refractivity contribution in [3.8, 4) is 11.3 Å². The van der Waals surface area contributed by atoms with Crippen LogP contribution in [0.4, 0.5) is 4.39 Å². The molecule has 3 rings (SSSR count). The molecule has 1 aliphatic heterocycles. The molecule has 0 bridgehead atoms. The number of hydrogen-bond donors (Lipinski definition) is 1. The third-order valence-corrected chi connectivity index (χ3v) is 5.58. The number of aryl methyl sites for hydroxylation is 1. The number of amides is 1. The largest absolute Gasteiger partial charge is 0.339 e. The van der Waals surface area contributed by atoms with Crippen molar-refractivity contribution in [2.24, 2.45) is 0 Å². The van der Waals surface area contributed by atoms with Gasteiger partial charge in [0.15, 0.2) is 0 Å². The van der Waals surface area contributed by atoms with E-state index in [0.717, 1.165) is 62.1 Å². The fourth-order valence-corrected chi connectivity index (χ4v) is 3.95. The number of aromatic amines is 1. The minimum absolute atomic E-state index is 0.244. The topological polar surface area (TPSA) is 52.2 Å². The number of carbonyl (C=O) groups excluding carboxylic acids is 1. The maximum Gasteiger partial charge on any atom is 0.236 e. The van der Waals surface area contributed by atoms with E-state index in [1.807, 2.05) is 13.1 Å². The molecule has 1 aromatic heterocycles. The van der Waals surface area contributed by atoms with Gasteiger partial charge in [-0.2, -0.15) is 5.10 Å². The molecule has 0 aliphatic carbocycles. The van der Waals surface area contributed by atoms with Gasteiger partial charge in [0.2, 0.25) is 5.91 Å². The molecular formula is C22H31FN4O. The van der Waals surface area contributed by atoms with Gasteiger partial charge in [-0.25, -0.2) is 4.39 Å². The molecule has 152 valence electrons. The van der Waals surface area contributed by atoms with E-state index in [-0.39, 0.29) is 11.7 Å². The molecule has 1 atom stereocenters. The zero-order valence-corrected chi connectivity index (χ0v) is 17.0. The Balaban J connectivity index is 1.43. The monoisotopic (exact) mass is 386 g/mol. The Hall–Kier alpha value is -2.21. The average molecular weight is 387 g/mol. The van der Waals surface area contributed by atoms with Gasteiger partial charge in [0, 0.05) is 23.8 Å². The van der Waals surface area contributed by atoms with E-state index in [1.165, 1.54) is 18.6 Å². The molecule has 1 N–H and O–H groups in total. The summed E-state index contributed by atoms with van der Waals surface area (Å²) in [5.41, 5.74) is 2.79. The van der Waals surface area contributed by atoms with Crippen LogP contribution in [0.15, 0.2) is 30.3 Å². The van der Waals surface area contributed by atoms with Crippen molar-refractivity contribution < 1.29 is 9.18 Å². The number of halogens is 1. The molecule has 2 heterocycles. The van der Waals surface area contributed by atoms with Crippen LogP contribution in [-0.4, -0.2) is 58.6 Å². The SMILES string of the molecule is CCC1CCCCN1C(=O)CN(C)CCCc1cc(-c2ccc(F)cc2)n[nH]1. The average Bonchev–Trinajstić information content (AvgIpc) is 3.17. The van der Waals surface area contributed by atoms with Crippen molar-refractivity contribution in [1.82, 2.24) is 20.0 Å². The molecule has 2 aromatic rings. The van der Waals surface area contributed by atoms with Crippen LogP contribution in [-0.2, 0) is 11.2 Å². The standard InChI is InChI=1S/C22H31FN4O/c1-3-20-8-4-5-14-27(20)22(28)16-26(2)13-6-7-19-15-21(25-24-19)17-9-11-18(23)12-10-17/h9-12,15,20H,3-8,13-14,16H2,1-2H3,(H,24,25). The molecule has 0 spiro atoms. The van der Waals surface area contributed by atoms with Crippen LogP contribution < -0.4 is 0 Å². The highest BCUT2D eigenvalue weighted by atomic mass is 19.1. The summed E-state index contributed by atoms with van der Waals surface area (Å²) in [6.45, 7) is 4.43. The number of nitrogens with zero attached hydrogens (tertiary/aromatic N) is 3. The maximum absolute atomic E-state index is 13.0. The Morgan fingerprint density at radius 2 is 2.11 bits per heavy atom. The Morgan fingerprint density at radius 1 is 1.32 bits per heavy atom. The number of aromatic nitrogens is 2. The minimum atomic E-state index is -0.244. The quantitative estimate of drug-likeness (QED) is 0.749. The third-order valence-electron chi connectivity index (χ3n) is 5.58. The summed E-state index contributed by atoms with van der Waals surface area (Å²) in [4.78, 5) is 16.8. The van der Waals surface area contributed by atoms with Gasteiger partial charge in [0.05, 0.1) is 12.2 Å². The second-order valence-electron chi connectivity index (χ2n) is 7.77. The van der Waals surface area contributed by atoms with E-state index in [9.17, 15) is 9.18 Å².